The van der Waals surface area contributed by atoms with Crippen LogP contribution in [0.1, 0.15) is 24.4 Å². The number of likely N-dealkylation sites (tertiary alicyclic amines) is 1. The summed E-state index contributed by atoms with van der Waals surface area (Å²) >= 11 is 0. The van der Waals surface area contributed by atoms with Gasteiger partial charge in [-0.05, 0) is 30.3 Å². The summed E-state index contributed by atoms with van der Waals surface area (Å²) in [6.45, 7) is 1.01. The molecule has 2 N–H and O–H groups in total. The van der Waals surface area contributed by atoms with Crippen molar-refractivity contribution in [1.29, 1.82) is 0 Å². The van der Waals surface area contributed by atoms with Crippen LogP contribution in [0.25, 0.3) is 0 Å². The molecule has 1 aliphatic rings. The highest BCUT2D eigenvalue weighted by atomic mass is 19.1. The summed E-state index contributed by atoms with van der Waals surface area (Å²) < 4.78 is 37.6. The molecule has 1 heterocycles. The first-order chi connectivity index (χ1) is 13.0. The van der Waals surface area contributed by atoms with E-state index >= 15 is 0 Å². The van der Waals surface area contributed by atoms with Crippen LogP contribution in [0.2, 0.25) is 0 Å². The van der Waals surface area contributed by atoms with Gasteiger partial charge in [0, 0.05) is 18.9 Å². The van der Waals surface area contributed by atoms with Gasteiger partial charge in [0.1, 0.15) is 29.2 Å². The van der Waals surface area contributed by atoms with Crippen molar-refractivity contribution in [3.05, 3.63) is 53.6 Å². The molecule has 3 rings (SSSR count). The zero-order valence-electron chi connectivity index (χ0n) is 15.4. The number of methoxy groups -OCH3 is 2. The Morgan fingerprint density at radius 3 is 2.70 bits per heavy atom. The van der Waals surface area contributed by atoms with Gasteiger partial charge in [-0.25, -0.2) is 8.78 Å². The maximum atomic E-state index is 13.8. The molecule has 1 aliphatic heterocycles. The number of hydrogen-bond donors (Lipinski definition) is 2. The Morgan fingerprint density at radius 1 is 1.19 bits per heavy atom. The number of hydrogen-bond acceptors (Lipinski definition) is 3. The van der Waals surface area contributed by atoms with E-state index in [1.54, 1.807) is 14.2 Å². The van der Waals surface area contributed by atoms with Crippen molar-refractivity contribution in [2.24, 2.45) is 0 Å². The molecule has 0 aliphatic carbocycles. The normalized spacial score (nSPS) is 19.0. The second-order valence-corrected chi connectivity index (χ2v) is 6.56. The number of nitrogens with one attached hydrogen (secondary N) is 2. The fourth-order valence-corrected chi connectivity index (χ4v) is 3.60. The van der Waals surface area contributed by atoms with Crippen molar-refractivity contribution < 1.29 is 27.9 Å². The van der Waals surface area contributed by atoms with E-state index < -0.39 is 11.6 Å². The van der Waals surface area contributed by atoms with Gasteiger partial charge in [-0.1, -0.05) is 0 Å². The molecular weight excluding hydrogens is 354 g/mol. The van der Waals surface area contributed by atoms with Crippen LogP contribution in [0.5, 0.6) is 11.5 Å². The SMILES string of the molecule is COc1ccc(OC)c([C@H]2CCC[NH+]2CC(=O)Nc2ccc(F)cc2F)c1. The highest BCUT2D eigenvalue weighted by molar-refractivity contribution is 5.91. The lowest BCUT2D eigenvalue weighted by atomic mass is 10.0. The lowest BCUT2D eigenvalue weighted by molar-refractivity contribution is -0.910. The molecule has 27 heavy (non-hydrogen) atoms. The highest BCUT2D eigenvalue weighted by Crippen LogP contribution is 2.31. The first-order valence-electron chi connectivity index (χ1n) is 8.83. The minimum absolute atomic E-state index is 0.0180. The van der Waals surface area contributed by atoms with E-state index in [0.29, 0.717) is 0 Å². The van der Waals surface area contributed by atoms with E-state index in [2.05, 4.69) is 5.32 Å². The predicted molar refractivity (Wildman–Crippen MR) is 97.2 cm³/mol. The maximum Gasteiger partial charge on any atom is 0.279 e. The molecule has 7 heteroatoms. The predicted octanol–water partition coefficient (Wildman–Crippen LogP) is 2.34. The molecule has 0 saturated carbocycles. The van der Waals surface area contributed by atoms with Crippen LogP contribution in [0, 0.1) is 11.6 Å². The largest absolute Gasteiger partial charge is 0.497 e. The van der Waals surface area contributed by atoms with Crippen molar-refractivity contribution in [2.75, 3.05) is 32.6 Å². The Labute approximate surface area is 156 Å². The quantitative estimate of drug-likeness (QED) is 0.813. The first-order valence-corrected chi connectivity index (χ1v) is 8.83. The summed E-state index contributed by atoms with van der Waals surface area (Å²) in [5.74, 6) is -0.295. The minimum atomic E-state index is -0.786. The second kappa shape index (κ2) is 8.35. The number of amides is 1. The van der Waals surface area contributed by atoms with Crippen molar-refractivity contribution in [1.82, 2.24) is 0 Å². The summed E-state index contributed by atoms with van der Waals surface area (Å²) in [7, 11) is 3.22. The van der Waals surface area contributed by atoms with E-state index in [1.165, 1.54) is 6.07 Å². The van der Waals surface area contributed by atoms with Gasteiger partial charge >= 0.3 is 0 Å². The zero-order chi connectivity index (χ0) is 19.4. The van der Waals surface area contributed by atoms with E-state index in [-0.39, 0.29) is 24.2 Å². The summed E-state index contributed by atoms with van der Waals surface area (Å²) in [5, 5.41) is 2.53. The van der Waals surface area contributed by atoms with Gasteiger partial charge in [-0.2, -0.15) is 0 Å². The van der Waals surface area contributed by atoms with Gasteiger partial charge in [-0.15, -0.1) is 0 Å². The monoisotopic (exact) mass is 377 g/mol. The Morgan fingerprint density at radius 2 is 2.00 bits per heavy atom. The number of halogens is 2. The standard InChI is InChI=1S/C20H22F2N2O3/c1-26-14-6-8-19(27-2)15(11-14)18-4-3-9-24(18)12-20(25)23-17-7-5-13(21)10-16(17)22/h5-8,10-11,18H,3-4,9,12H2,1-2H3,(H,23,25)/p+1/t18-/m1/s1. The van der Waals surface area contributed by atoms with E-state index in [0.717, 1.165) is 53.5 Å². The molecule has 0 bridgehead atoms. The third-order valence-electron chi connectivity index (χ3n) is 4.89. The molecule has 1 saturated heterocycles. The molecule has 5 nitrogen and oxygen atoms in total. The van der Waals surface area contributed by atoms with Gasteiger partial charge < -0.3 is 19.7 Å². The molecule has 1 unspecified atom stereocenters. The molecule has 0 spiro atoms. The first kappa shape index (κ1) is 19.1. The number of benzene rings is 2. The van der Waals surface area contributed by atoms with Gasteiger partial charge in [0.15, 0.2) is 6.54 Å². The van der Waals surface area contributed by atoms with Crippen LogP contribution in [-0.2, 0) is 4.79 Å². The van der Waals surface area contributed by atoms with Gasteiger partial charge in [0.05, 0.1) is 32.0 Å². The van der Waals surface area contributed by atoms with Crippen LogP contribution in [0.4, 0.5) is 14.5 Å². The fourth-order valence-electron chi connectivity index (χ4n) is 3.60. The molecule has 0 radical (unpaired) electrons. The molecule has 2 atom stereocenters. The number of anilines is 1. The van der Waals surface area contributed by atoms with Crippen molar-refractivity contribution in [3.8, 4) is 11.5 Å². The molecule has 144 valence electrons. The summed E-state index contributed by atoms with van der Waals surface area (Å²) in [5.41, 5.74) is 0.973. The van der Waals surface area contributed by atoms with Gasteiger partial charge in [0.25, 0.3) is 5.91 Å². The Bertz CT molecular complexity index is 829. The van der Waals surface area contributed by atoms with Crippen molar-refractivity contribution >= 4 is 11.6 Å². The second-order valence-electron chi connectivity index (χ2n) is 6.56. The molecular formula is C20H23F2N2O3+. The topological polar surface area (TPSA) is 52.0 Å². The van der Waals surface area contributed by atoms with E-state index in [1.807, 2.05) is 18.2 Å². The molecule has 2 aromatic rings. The number of quaternary nitrogens is 1. The third-order valence-corrected chi connectivity index (χ3v) is 4.89. The van der Waals surface area contributed by atoms with Crippen LogP contribution >= 0.6 is 0 Å². The van der Waals surface area contributed by atoms with Crippen molar-refractivity contribution in [2.45, 2.75) is 18.9 Å². The molecule has 1 amide bonds. The highest BCUT2D eigenvalue weighted by Gasteiger charge is 2.34. The van der Waals surface area contributed by atoms with Crippen LogP contribution in [-0.4, -0.2) is 33.2 Å². The molecule has 0 aromatic heterocycles. The zero-order valence-corrected chi connectivity index (χ0v) is 15.4. The van der Waals surface area contributed by atoms with Gasteiger partial charge in [0.2, 0.25) is 0 Å². The molecule has 1 fully saturated rings. The average Bonchev–Trinajstić information content (AvgIpc) is 3.11. The van der Waals surface area contributed by atoms with Crippen LogP contribution in [0.3, 0.4) is 0 Å². The number of carbonyl (C=O) groups is 1. The molecule has 2 aromatic carbocycles. The van der Waals surface area contributed by atoms with Crippen molar-refractivity contribution in [3.63, 3.8) is 0 Å². The number of carbonyl (C=O) groups excluding carboxylic acids is 1. The van der Waals surface area contributed by atoms with Crippen LogP contribution < -0.4 is 19.7 Å². The lowest BCUT2D eigenvalue weighted by Gasteiger charge is -2.23. The smallest absolute Gasteiger partial charge is 0.279 e. The minimum Gasteiger partial charge on any atom is -0.497 e. The average molecular weight is 377 g/mol. The van der Waals surface area contributed by atoms with E-state index in [9.17, 15) is 13.6 Å². The number of rotatable bonds is 6. The van der Waals surface area contributed by atoms with E-state index in [4.69, 9.17) is 9.47 Å². The summed E-state index contributed by atoms with van der Waals surface area (Å²) in [4.78, 5) is 13.5. The van der Waals surface area contributed by atoms with Gasteiger partial charge in [-0.3, -0.25) is 4.79 Å². The maximum absolute atomic E-state index is 13.8. The Hall–Kier alpha value is -2.67. The Kier molecular flexibility index (Phi) is 5.91. The lowest BCUT2D eigenvalue weighted by Crippen LogP contribution is -3.11. The third kappa shape index (κ3) is 4.36. The van der Waals surface area contributed by atoms with Crippen LogP contribution in [0.15, 0.2) is 36.4 Å². The fraction of sp³-hybridized carbons (Fsp3) is 0.350. The Balaban J connectivity index is 1.74. The summed E-state index contributed by atoms with van der Waals surface area (Å²) in [6.07, 6.45) is 1.88. The number of ether oxygens (including phenoxy) is 2. The summed E-state index contributed by atoms with van der Waals surface area (Å²) in [6, 6.07) is 8.81.